The van der Waals surface area contributed by atoms with Gasteiger partial charge in [-0.15, -0.1) is 0 Å². The zero-order chi connectivity index (χ0) is 10.7. The van der Waals surface area contributed by atoms with Crippen molar-refractivity contribution in [2.45, 2.75) is 12.6 Å². The van der Waals surface area contributed by atoms with Gasteiger partial charge in [-0.05, 0) is 25.1 Å². The molecule has 0 spiro atoms. The Morgan fingerprint density at radius 2 is 2.40 bits per heavy atom. The van der Waals surface area contributed by atoms with Crippen LogP contribution in [0.15, 0.2) is 24.3 Å². The summed E-state index contributed by atoms with van der Waals surface area (Å²) in [5, 5.41) is 5.06. The summed E-state index contributed by atoms with van der Waals surface area (Å²) in [6.45, 7) is 3.75. The van der Waals surface area contributed by atoms with Crippen molar-refractivity contribution in [3.05, 3.63) is 29.3 Å². The fourth-order valence-corrected chi connectivity index (χ4v) is 1.68. The Kier molecular flexibility index (Phi) is 3.14. The van der Waals surface area contributed by atoms with E-state index in [1.54, 1.807) is 6.07 Å². The minimum Gasteiger partial charge on any atom is -0.469 e. The lowest BCUT2D eigenvalue weighted by Gasteiger charge is -2.33. The molecule has 1 aliphatic rings. The van der Waals surface area contributed by atoms with Gasteiger partial charge in [0.1, 0.15) is 12.4 Å². The molecule has 4 heteroatoms. The molecule has 1 fully saturated rings. The van der Waals surface area contributed by atoms with Gasteiger partial charge in [0, 0.05) is 11.6 Å². The van der Waals surface area contributed by atoms with Crippen molar-refractivity contribution in [3.8, 4) is 5.75 Å². The van der Waals surface area contributed by atoms with Gasteiger partial charge in [-0.1, -0.05) is 17.7 Å². The second kappa shape index (κ2) is 4.39. The van der Waals surface area contributed by atoms with Crippen LogP contribution in [0.1, 0.15) is 6.92 Å². The number of ether oxygens (including phenoxy) is 2. The van der Waals surface area contributed by atoms with Crippen molar-refractivity contribution in [1.29, 1.82) is 0 Å². The van der Waals surface area contributed by atoms with Crippen LogP contribution in [0.25, 0.3) is 0 Å². The van der Waals surface area contributed by atoms with Gasteiger partial charge in [-0.2, -0.15) is 5.32 Å². The molecule has 15 heavy (non-hydrogen) atoms. The summed E-state index contributed by atoms with van der Waals surface area (Å²) in [5.74, 6) is 0.722. The van der Waals surface area contributed by atoms with Gasteiger partial charge in [-0.25, -0.2) is 0 Å². The lowest BCUT2D eigenvalue weighted by Crippen LogP contribution is -2.51. The van der Waals surface area contributed by atoms with Gasteiger partial charge in [0.05, 0.1) is 6.61 Å². The van der Waals surface area contributed by atoms with Gasteiger partial charge < -0.3 is 9.47 Å². The minimum atomic E-state index is -0.580. The first-order chi connectivity index (χ1) is 7.18. The number of morpholine rings is 1. The number of benzene rings is 1. The monoisotopic (exact) mass is 226 g/mol. The number of halogens is 1. The first-order valence-electron chi connectivity index (χ1n) is 4.89. The van der Waals surface area contributed by atoms with Crippen molar-refractivity contribution in [2.24, 2.45) is 0 Å². The Morgan fingerprint density at radius 3 is 3.07 bits per heavy atom. The van der Waals surface area contributed by atoms with Crippen LogP contribution in [-0.2, 0) is 4.74 Å². The first kappa shape index (κ1) is 10.7. The molecule has 1 radical (unpaired) electrons. The van der Waals surface area contributed by atoms with E-state index in [-0.39, 0.29) is 0 Å². The molecule has 0 aromatic heterocycles. The Bertz CT molecular complexity index is 337. The highest BCUT2D eigenvalue weighted by Crippen LogP contribution is 2.22. The highest BCUT2D eigenvalue weighted by molar-refractivity contribution is 6.30. The second-order valence-corrected chi connectivity index (χ2v) is 4.11. The quantitative estimate of drug-likeness (QED) is 0.774. The zero-order valence-corrected chi connectivity index (χ0v) is 9.33. The van der Waals surface area contributed by atoms with E-state index < -0.39 is 5.72 Å². The molecule has 1 aliphatic heterocycles. The van der Waals surface area contributed by atoms with Crippen LogP contribution in [-0.4, -0.2) is 25.5 Å². The maximum atomic E-state index is 5.87. The van der Waals surface area contributed by atoms with E-state index in [1.807, 2.05) is 25.1 Å². The molecule has 0 N–H and O–H groups in total. The molecule has 0 saturated carbocycles. The fraction of sp³-hybridized carbons (Fsp3) is 0.455. The van der Waals surface area contributed by atoms with Crippen molar-refractivity contribution in [1.82, 2.24) is 5.32 Å². The van der Waals surface area contributed by atoms with E-state index in [4.69, 9.17) is 21.1 Å². The highest BCUT2D eigenvalue weighted by Gasteiger charge is 2.30. The Balaban J connectivity index is 2.06. The summed E-state index contributed by atoms with van der Waals surface area (Å²) in [5.41, 5.74) is -0.580. The molecule has 0 amide bonds. The molecular formula is C11H13ClNO2. The molecule has 1 heterocycles. The van der Waals surface area contributed by atoms with Crippen LogP contribution < -0.4 is 10.1 Å². The van der Waals surface area contributed by atoms with Crippen molar-refractivity contribution >= 4 is 11.6 Å². The van der Waals surface area contributed by atoms with E-state index in [0.717, 1.165) is 5.75 Å². The topological polar surface area (TPSA) is 32.6 Å². The van der Waals surface area contributed by atoms with E-state index in [2.05, 4.69) is 5.32 Å². The van der Waals surface area contributed by atoms with Crippen LogP contribution in [0, 0.1) is 0 Å². The summed E-state index contributed by atoms with van der Waals surface area (Å²) < 4.78 is 11.1. The third-order valence-corrected chi connectivity index (χ3v) is 2.42. The molecule has 0 aliphatic carbocycles. The lowest BCUT2D eigenvalue weighted by atomic mass is 10.2. The second-order valence-electron chi connectivity index (χ2n) is 3.67. The molecule has 0 bridgehead atoms. The van der Waals surface area contributed by atoms with E-state index in [0.29, 0.717) is 24.8 Å². The van der Waals surface area contributed by atoms with Gasteiger partial charge in [-0.3, -0.25) is 0 Å². The van der Waals surface area contributed by atoms with Crippen molar-refractivity contribution < 1.29 is 9.47 Å². The van der Waals surface area contributed by atoms with Crippen molar-refractivity contribution in [3.63, 3.8) is 0 Å². The first-order valence-corrected chi connectivity index (χ1v) is 5.27. The third-order valence-electron chi connectivity index (χ3n) is 2.19. The summed E-state index contributed by atoms with van der Waals surface area (Å²) >= 11 is 5.87. The molecule has 1 atom stereocenters. The standard InChI is InChI=1S/C11H13ClNO2/c1-11(8-14-6-5-13-11)15-10-4-2-3-9(12)7-10/h2-4,7H,5-6,8H2,1H3. The number of nitrogens with zero attached hydrogens (tertiary/aromatic N) is 1. The molecule has 81 valence electrons. The summed E-state index contributed by atoms with van der Waals surface area (Å²) in [4.78, 5) is 0. The minimum absolute atomic E-state index is 0.486. The Hall–Kier alpha value is -0.770. The molecule has 1 saturated heterocycles. The molecule has 1 aromatic carbocycles. The van der Waals surface area contributed by atoms with E-state index in [1.165, 1.54) is 0 Å². The van der Waals surface area contributed by atoms with E-state index in [9.17, 15) is 0 Å². The largest absolute Gasteiger partial charge is 0.469 e. The SMILES string of the molecule is CC1(Oc2cccc(Cl)c2)COCC[N]1. The normalized spacial score (nSPS) is 26.3. The summed E-state index contributed by atoms with van der Waals surface area (Å²) in [6.07, 6.45) is 0. The molecule has 3 nitrogen and oxygen atoms in total. The molecule has 1 unspecified atom stereocenters. The number of rotatable bonds is 2. The fourth-order valence-electron chi connectivity index (χ4n) is 1.50. The number of hydrogen-bond acceptors (Lipinski definition) is 2. The van der Waals surface area contributed by atoms with Gasteiger partial charge in [0.15, 0.2) is 5.72 Å². The Morgan fingerprint density at radius 1 is 1.53 bits per heavy atom. The van der Waals surface area contributed by atoms with Crippen LogP contribution in [0.3, 0.4) is 0 Å². The van der Waals surface area contributed by atoms with Crippen molar-refractivity contribution in [2.75, 3.05) is 19.8 Å². The third kappa shape index (κ3) is 2.84. The molecule has 2 rings (SSSR count). The predicted molar refractivity (Wildman–Crippen MR) is 58.3 cm³/mol. The van der Waals surface area contributed by atoms with Crippen LogP contribution in [0.5, 0.6) is 5.75 Å². The maximum absolute atomic E-state index is 5.87. The maximum Gasteiger partial charge on any atom is 0.196 e. The van der Waals surface area contributed by atoms with E-state index >= 15 is 0 Å². The predicted octanol–water partition coefficient (Wildman–Crippen LogP) is 2.07. The molecule has 1 aromatic rings. The highest BCUT2D eigenvalue weighted by atomic mass is 35.5. The Labute approximate surface area is 94.3 Å². The average Bonchev–Trinajstić information content (AvgIpc) is 2.18. The molecular weight excluding hydrogens is 214 g/mol. The van der Waals surface area contributed by atoms with Crippen LogP contribution >= 0.6 is 11.6 Å². The summed E-state index contributed by atoms with van der Waals surface area (Å²) in [7, 11) is 0. The zero-order valence-electron chi connectivity index (χ0n) is 8.57. The summed E-state index contributed by atoms with van der Waals surface area (Å²) in [6, 6.07) is 7.30. The lowest BCUT2D eigenvalue weighted by molar-refractivity contribution is -0.0733. The van der Waals surface area contributed by atoms with Gasteiger partial charge in [0.25, 0.3) is 0 Å². The smallest absolute Gasteiger partial charge is 0.196 e. The van der Waals surface area contributed by atoms with Gasteiger partial charge >= 0.3 is 0 Å². The van der Waals surface area contributed by atoms with Gasteiger partial charge in [0.2, 0.25) is 0 Å². The average molecular weight is 227 g/mol. The van der Waals surface area contributed by atoms with Crippen LogP contribution in [0.2, 0.25) is 5.02 Å². The van der Waals surface area contributed by atoms with Crippen LogP contribution in [0.4, 0.5) is 0 Å². The number of hydrogen-bond donors (Lipinski definition) is 0.